The normalized spacial score (nSPS) is 16.2. The largest absolute Gasteiger partial charge is 0.465 e. The first-order valence-corrected chi connectivity index (χ1v) is 12.0. The van der Waals surface area contributed by atoms with Crippen LogP contribution in [-0.4, -0.2) is 33.2 Å². The number of amides is 1. The summed E-state index contributed by atoms with van der Waals surface area (Å²) in [6.07, 6.45) is 2.43. The molecule has 1 atom stereocenters. The Balaban J connectivity index is 1.73. The summed E-state index contributed by atoms with van der Waals surface area (Å²) in [5, 5.41) is 3.20. The van der Waals surface area contributed by atoms with Gasteiger partial charge in [-0.25, -0.2) is 13.2 Å². The number of ether oxygens (including phenoxy) is 1. The fourth-order valence-corrected chi connectivity index (χ4v) is 6.09. The second-order valence-electron chi connectivity index (χ2n) is 7.48. The number of methoxy groups -OCH3 is 1. The van der Waals surface area contributed by atoms with Gasteiger partial charge in [0.15, 0.2) is 9.84 Å². The zero-order valence-corrected chi connectivity index (χ0v) is 18.4. The maximum absolute atomic E-state index is 12.5. The molecular formula is C21H25NO5S2. The van der Waals surface area contributed by atoms with E-state index >= 15 is 0 Å². The topological polar surface area (TPSA) is 89.5 Å². The van der Waals surface area contributed by atoms with Gasteiger partial charge in [-0.1, -0.05) is 24.6 Å². The van der Waals surface area contributed by atoms with Crippen molar-refractivity contribution in [1.29, 1.82) is 0 Å². The molecule has 2 aromatic rings. The van der Waals surface area contributed by atoms with Crippen LogP contribution in [0.2, 0.25) is 0 Å². The van der Waals surface area contributed by atoms with E-state index in [4.69, 9.17) is 4.74 Å². The van der Waals surface area contributed by atoms with Gasteiger partial charge in [0.1, 0.15) is 5.00 Å². The lowest BCUT2D eigenvalue weighted by molar-refractivity contribution is -0.115. The second kappa shape index (κ2) is 8.67. The minimum Gasteiger partial charge on any atom is -0.465 e. The van der Waals surface area contributed by atoms with Crippen molar-refractivity contribution < 1.29 is 22.7 Å². The molecule has 3 rings (SSSR count). The van der Waals surface area contributed by atoms with Gasteiger partial charge >= 0.3 is 5.97 Å². The fourth-order valence-electron chi connectivity index (χ4n) is 3.44. The highest BCUT2D eigenvalue weighted by molar-refractivity contribution is 7.91. The minimum absolute atomic E-state index is 0.185. The van der Waals surface area contributed by atoms with Crippen molar-refractivity contribution in [2.24, 2.45) is 5.92 Å². The lowest BCUT2D eigenvalue weighted by Crippen LogP contribution is -2.19. The predicted molar refractivity (Wildman–Crippen MR) is 113 cm³/mol. The Morgan fingerprint density at radius 1 is 1.24 bits per heavy atom. The molecule has 8 heteroatoms. The summed E-state index contributed by atoms with van der Waals surface area (Å²) < 4.78 is 29.8. The van der Waals surface area contributed by atoms with Crippen molar-refractivity contribution in [1.82, 2.24) is 0 Å². The lowest BCUT2D eigenvalue weighted by atomic mass is 9.88. The Bertz CT molecular complexity index is 1020. The average Bonchev–Trinajstić information content (AvgIpc) is 3.03. The van der Waals surface area contributed by atoms with E-state index in [-0.39, 0.29) is 17.1 Å². The third kappa shape index (κ3) is 4.87. The SMILES string of the molecule is COC(=O)c1c(NC(=O)CCS(=O)(=O)c2ccc(C)cc2)sc2c1CCC(C)C2. The Morgan fingerprint density at radius 2 is 1.93 bits per heavy atom. The van der Waals surface area contributed by atoms with Crippen LogP contribution in [0.3, 0.4) is 0 Å². The second-order valence-corrected chi connectivity index (χ2v) is 10.7. The molecule has 0 fully saturated rings. The number of aryl methyl sites for hydroxylation is 1. The fraction of sp³-hybridized carbons (Fsp3) is 0.429. The first-order chi connectivity index (χ1) is 13.7. The number of carbonyl (C=O) groups is 2. The van der Waals surface area contributed by atoms with Gasteiger partial charge in [-0.2, -0.15) is 0 Å². The van der Waals surface area contributed by atoms with E-state index in [0.717, 1.165) is 35.3 Å². The van der Waals surface area contributed by atoms with Crippen molar-refractivity contribution in [2.45, 2.75) is 44.4 Å². The third-order valence-electron chi connectivity index (χ3n) is 5.13. The summed E-state index contributed by atoms with van der Waals surface area (Å²) in [6.45, 7) is 4.04. The Hall–Kier alpha value is -2.19. The van der Waals surface area contributed by atoms with E-state index in [2.05, 4.69) is 12.2 Å². The lowest BCUT2D eigenvalue weighted by Gasteiger charge is -2.18. The molecule has 156 valence electrons. The molecule has 0 aliphatic heterocycles. The number of rotatable bonds is 6. The molecule has 0 spiro atoms. The number of esters is 1. The molecule has 29 heavy (non-hydrogen) atoms. The molecule has 1 aliphatic rings. The van der Waals surface area contributed by atoms with Gasteiger partial charge in [-0.05, 0) is 49.8 Å². The van der Waals surface area contributed by atoms with Crippen molar-refractivity contribution in [3.8, 4) is 0 Å². The number of thiophene rings is 1. The monoisotopic (exact) mass is 435 g/mol. The van der Waals surface area contributed by atoms with E-state index in [0.29, 0.717) is 16.5 Å². The molecule has 1 aliphatic carbocycles. The number of carbonyl (C=O) groups excluding carboxylic acids is 2. The van der Waals surface area contributed by atoms with Gasteiger partial charge in [0.05, 0.1) is 23.3 Å². The summed E-state index contributed by atoms with van der Waals surface area (Å²) in [4.78, 5) is 26.1. The molecule has 1 N–H and O–H groups in total. The zero-order valence-electron chi connectivity index (χ0n) is 16.8. The predicted octanol–water partition coefficient (Wildman–Crippen LogP) is 3.77. The van der Waals surface area contributed by atoms with Crippen LogP contribution in [-0.2, 0) is 32.2 Å². The summed E-state index contributed by atoms with van der Waals surface area (Å²) in [5.41, 5.74) is 2.32. The molecule has 1 amide bonds. The standard InChI is InChI=1S/C21H25NO5S2/c1-13-4-7-15(8-5-13)29(25,26)11-10-18(23)22-20-19(21(24)27-3)16-9-6-14(2)12-17(16)28-20/h4-5,7-8,14H,6,9-12H2,1-3H3,(H,22,23). The van der Waals surface area contributed by atoms with Crippen LogP contribution in [0.15, 0.2) is 29.2 Å². The van der Waals surface area contributed by atoms with Crippen LogP contribution < -0.4 is 5.32 Å². The van der Waals surface area contributed by atoms with E-state index in [1.165, 1.54) is 18.4 Å². The number of fused-ring (bicyclic) bond motifs is 1. The minimum atomic E-state index is -3.55. The summed E-state index contributed by atoms with van der Waals surface area (Å²) in [5.74, 6) is -0.677. The molecule has 1 aromatic carbocycles. The van der Waals surface area contributed by atoms with Crippen LogP contribution >= 0.6 is 11.3 Å². The highest BCUT2D eigenvalue weighted by Gasteiger charge is 2.29. The van der Waals surface area contributed by atoms with Gasteiger partial charge in [-0.15, -0.1) is 11.3 Å². The summed E-state index contributed by atoms with van der Waals surface area (Å²) in [6, 6.07) is 6.55. The quantitative estimate of drug-likeness (QED) is 0.698. The number of anilines is 1. The Labute approximate surface area is 175 Å². The van der Waals surface area contributed by atoms with Crippen LogP contribution in [0, 0.1) is 12.8 Å². The number of benzene rings is 1. The van der Waals surface area contributed by atoms with E-state index in [1.54, 1.807) is 24.3 Å². The van der Waals surface area contributed by atoms with Crippen molar-refractivity contribution >= 4 is 38.1 Å². The number of nitrogens with one attached hydrogen (secondary N) is 1. The molecular weight excluding hydrogens is 410 g/mol. The first-order valence-electron chi connectivity index (χ1n) is 9.53. The van der Waals surface area contributed by atoms with E-state index in [1.807, 2.05) is 6.92 Å². The van der Waals surface area contributed by atoms with Gasteiger partial charge in [0.2, 0.25) is 5.91 Å². The van der Waals surface area contributed by atoms with Crippen LogP contribution in [0.1, 0.15) is 46.1 Å². The highest BCUT2D eigenvalue weighted by Crippen LogP contribution is 2.40. The number of hydrogen-bond acceptors (Lipinski definition) is 6. The summed E-state index contributed by atoms with van der Waals surface area (Å²) in [7, 11) is -2.24. The smallest absolute Gasteiger partial charge is 0.341 e. The van der Waals surface area contributed by atoms with E-state index < -0.39 is 21.7 Å². The van der Waals surface area contributed by atoms with Crippen LogP contribution in [0.25, 0.3) is 0 Å². The van der Waals surface area contributed by atoms with Crippen molar-refractivity contribution in [2.75, 3.05) is 18.2 Å². The molecule has 6 nitrogen and oxygen atoms in total. The summed E-state index contributed by atoms with van der Waals surface area (Å²) >= 11 is 1.39. The molecule has 0 radical (unpaired) electrons. The first kappa shape index (κ1) is 21.5. The third-order valence-corrected chi connectivity index (χ3v) is 8.03. The number of sulfone groups is 1. The van der Waals surface area contributed by atoms with Crippen LogP contribution in [0.5, 0.6) is 0 Å². The molecule has 0 bridgehead atoms. The zero-order chi connectivity index (χ0) is 21.2. The van der Waals surface area contributed by atoms with E-state index in [9.17, 15) is 18.0 Å². The average molecular weight is 436 g/mol. The van der Waals surface area contributed by atoms with Gasteiger partial charge in [0, 0.05) is 11.3 Å². The van der Waals surface area contributed by atoms with Gasteiger partial charge < -0.3 is 10.1 Å². The van der Waals surface area contributed by atoms with Crippen LogP contribution in [0.4, 0.5) is 5.00 Å². The molecule has 1 heterocycles. The Morgan fingerprint density at radius 3 is 2.59 bits per heavy atom. The van der Waals surface area contributed by atoms with Crippen molar-refractivity contribution in [3.63, 3.8) is 0 Å². The maximum Gasteiger partial charge on any atom is 0.341 e. The molecule has 1 unspecified atom stereocenters. The Kier molecular flexibility index (Phi) is 6.43. The van der Waals surface area contributed by atoms with Crippen molar-refractivity contribution in [3.05, 3.63) is 45.8 Å². The molecule has 0 saturated heterocycles. The number of hydrogen-bond donors (Lipinski definition) is 1. The highest BCUT2D eigenvalue weighted by atomic mass is 32.2. The maximum atomic E-state index is 12.5. The molecule has 0 saturated carbocycles. The molecule has 1 aromatic heterocycles. The van der Waals surface area contributed by atoms with Gasteiger partial charge in [-0.3, -0.25) is 4.79 Å². The van der Waals surface area contributed by atoms with Gasteiger partial charge in [0.25, 0.3) is 0 Å².